The Kier molecular flexibility index (Phi) is 5.74. The average molecular weight is 311 g/mol. The summed E-state index contributed by atoms with van der Waals surface area (Å²) in [5, 5.41) is 2.98. The maximum absolute atomic E-state index is 12.5. The lowest BCUT2D eigenvalue weighted by Gasteiger charge is -2.19. The molecule has 1 heterocycles. The number of benzene rings is 1. The number of aryl methyl sites for hydroxylation is 1. The van der Waals surface area contributed by atoms with Crippen LogP contribution in [0.15, 0.2) is 36.7 Å². The van der Waals surface area contributed by atoms with E-state index < -0.39 is 0 Å². The van der Waals surface area contributed by atoms with Gasteiger partial charge in [-0.3, -0.25) is 9.78 Å². The van der Waals surface area contributed by atoms with Crippen molar-refractivity contribution in [1.82, 2.24) is 4.98 Å². The maximum atomic E-state index is 12.5. The second kappa shape index (κ2) is 7.77. The first-order chi connectivity index (χ1) is 11.0. The predicted octanol–water partition coefficient (Wildman–Crippen LogP) is 4.19. The molecule has 4 nitrogen and oxygen atoms in total. The molecule has 23 heavy (non-hydrogen) atoms. The summed E-state index contributed by atoms with van der Waals surface area (Å²) in [4.78, 5) is 18.8. The Morgan fingerprint density at radius 1 is 1.26 bits per heavy atom. The van der Waals surface area contributed by atoms with Gasteiger partial charge in [0.2, 0.25) is 0 Å². The van der Waals surface area contributed by atoms with Crippen molar-refractivity contribution in [3.05, 3.63) is 53.3 Å². The highest BCUT2D eigenvalue weighted by atomic mass is 16.1. The van der Waals surface area contributed by atoms with Gasteiger partial charge < -0.3 is 10.2 Å². The fourth-order valence-corrected chi connectivity index (χ4v) is 2.37. The first-order valence-corrected chi connectivity index (χ1v) is 8.06. The number of carbonyl (C=O) groups is 1. The van der Waals surface area contributed by atoms with E-state index in [1.54, 1.807) is 12.4 Å². The minimum absolute atomic E-state index is 0.128. The number of hydrogen-bond acceptors (Lipinski definition) is 3. The van der Waals surface area contributed by atoms with Crippen molar-refractivity contribution >= 4 is 17.3 Å². The molecule has 122 valence electrons. The first kappa shape index (κ1) is 17.0. The van der Waals surface area contributed by atoms with Crippen LogP contribution in [0.1, 0.15) is 41.3 Å². The van der Waals surface area contributed by atoms with Crippen LogP contribution >= 0.6 is 0 Å². The summed E-state index contributed by atoms with van der Waals surface area (Å²) >= 11 is 0. The van der Waals surface area contributed by atoms with Gasteiger partial charge in [-0.15, -0.1) is 0 Å². The topological polar surface area (TPSA) is 45.2 Å². The van der Waals surface area contributed by atoms with E-state index in [2.05, 4.69) is 22.1 Å². The zero-order valence-electron chi connectivity index (χ0n) is 14.4. The summed E-state index contributed by atoms with van der Waals surface area (Å²) in [6.07, 6.45) is 5.67. The Labute approximate surface area is 138 Å². The number of nitrogens with one attached hydrogen (secondary N) is 1. The number of aromatic nitrogens is 1. The van der Waals surface area contributed by atoms with Gasteiger partial charge in [0, 0.05) is 25.5 Å². The summed E-state index contributed by atoms with van der Waals surface area (Å²) < 4.78 is 0. The van der Waals surface area contributed by atoms with E-state index in [4.69, 9.17) is 0 Å². The zero-order chi connectivity index (χ0) is 16.8. The van der Waals surface area contributed by atoms with E-state index >= 15 is 0 Å². The minimum atomic E-state index is -0.128. The molecule has 0 unspecified atom stereocenters. The van der Waals surface area contributed by atoms with Crippen LogP contribution in [-0.4, -0.2) is 24.5 Å². The quantitative estimate of drug-likeness (QED) is 0.870. The number of amides is 1. The van der Waals surface area contributed by atoms with Crippen molar-refractivity contribution < 1.29 is 4.79 Å². The molecule has 4 heteroatoms. The van der Waals surface area contributed by atoms with Gasteiger partial charge in [0.05, 0.1) is 17.4 Å². The number of nitrogens with zero attached hydrogens (tertiary/aromatic N) is 2. The summed E-state index contributed by atoms with van der Waals surface area (Å²) in [5.41, 5.74) is 4.64. The normalized spacial score (nSPS) is 10.4. The molecule has 0 fully saturated rings. The van der Waals surface area contributed by atoms with Crippen LogP contribution in [0.2, 0.25) is 0 Å². The standard InChI is InChI=1S/C19H25N3O/c1-5-6-10-22(4)17-11-16(12-20-13-17)19(23)21-18-9-7-8-14(2)15(18)3/h7-9,11-13H,5-6,10H2,1-4H3,(H,21,23). The van der Waals surface area contributed by atoms with E-state index in [0.717, 1.165) is 41.9 Å². The van der Waals surface area contributed by atoms with E-state index in [0.29, 0.717) is 5.56 Å². The van der Waals surface area contributed by atoms with Gasteiger partial charge in [0.1, 0.15) is 0 Å². The average Bonchev–Trinajstić information content (AvgIpc) is 2.57. The van der Waals surface area contributed by atoms with Crippen LogP contribution in [-0.2, 0) is 0 Å². The molecule has 2 rings (SSSR count). The highest BCUT2D eigenvalue weighted by Gasteiger charge is 2.11. The Morgan fingerprint density at radius 2 is 2.04 bits per heavy atom. The largest absolute Gasteiger partial charge is 0.373 e. The van der Waals surface area contributed by atoms with Crippen molar-refractivity contribution in [3.8, 4) is 0 Å². The SMILES string of the molecule is CCCCN(C)c1cncc(C(=O)Nc2cccc(C)c2C)c1. The molecule has 0 saturated heterocycles. The lowest BCUT2D eigenvalue weighted by atomic mass is 10.1. The van der Waals surface area contributed by atoms with Crippen molar-refractivity contribution in [1.29, 1.82) is 0 Å². The molecule has 1 N–H and O–H groups in total. The number of rotatable bonds is 6. The van der Waals surface area contributed by atoms with Gasteiger partial charge in [0.25, 0.3) is 5.91 Å². The number of anilines is 2. The Morgan fingerprint density at radius 3 is 2.78 bits per heavy atom. The second-order valence-electron chi connectivity index (χ2n) is 5.91. The molecular formula is C19H25N3O. The fourth-order valence-electron chi connectivity index (χ4n) is 2.37. The Bertz CT molecular complexity index is 682. The van der Waals surface area contributed by atoms with Crippen molar-refractivity contribution in [2.24, 2.45) is 0 Å². The second-order valence-corrected chi connectivity index (χ2v) is 5.91. The van der Waals surface area contributed by atoms with Crippen LogP contribution in [0, 0.1) is 13.8 Å². The van der Waals surface area contributed by atoms with Crippen LogP contribution in [0.4, 0.5) is 11.4 Å². The summed E-state index contributed by atoms with van der Waals surface area (Å²) in [5.74, 6) is -0.128. The summed E-state index contributed by atoms with van der Waals surface area (Å²) in [6, 6.07) is 7.80. The van der Waals surface area contributed by atoms with Crippen molar-refractivity contribution in [2.45, 2.75) is 33.6 Å². The Balaban J connectivity index is 2.15. The molecule has 0 spiro atoms. The minimum Gasteiger partial charge on any atom is -0.373 e. The van der Waals surface area contributed by atoms with Gasteiger partial charge in [-0.1, -0.05) is 25.5 Å². The van der Waals surface area contributed by atoms with Crippen LogP contribution in [0.3, 0.4) is 0 Å². The van der Waals surface area contributed by atoms with Gasteiger partial charge in [0.15, 0.2) is 0 Å². The van der Waals surface area contributed by atoms with Gasteiger partial charge in [-0.05, 0) is 43.5 Å². The molecule has 0 aliphatic carbocycles. The number of carbonyl (C=O) groups excluding carboxylic acids is 1. The monoisotopic (exact) mass is 311 g/mol. The molecule has 0 radical (unpaired) electrons. The zero-order valence-corrected chi connectivity index (χ0v) is 14.4. The van der Waals surface area contributed by atoms with Crippen LogP contribution in [0.5, 0.6) is 0 Å². The van der Waals surface area contributed by atoms with Gasteiger partial charge in [-0.2, -0.15) is 0 Å². The molecule has 0 bridgehead atoms. The summed E-state index contributed by atoms with van der Waals surface area (Å²) in [6.45, 7) is 7.17. The molecule has 1 aromatic heterocycles. The van der Waals surface area contributed by atoms with Crippen LogP contribution < -0.4 is 10.2 Å². The van der Waals surface area contributed by atoms with Crippen LogP contribution in [0.25, 0.3) is 0 Å². The highest BCUT2D eigenvalue weighted by Crippen LogP contribution is 2.20. The molecule has 2 aromatic rings. The molecule has 1 aromatic carbocycles. The number of hydrogen-bond donors (Lipinski definition) is 1. The molecule has 1 amide bonds. The number of unbranched alkanes of at least 4 members (excludes halogenated alkanes) is 1. The fraction of sp³-hybridized carbons (Fsp3) is 0.368. The number of pyridine rings is 1. The van der Waals surface area contributed by atoms with Gasteiger partial charge in [-0.25, -0.2) is 0 Å². The van der Waals surface area contributed by atoms with E-state index in [1.165, 1.54) is 0 Å². The third-order valence-corrected chi connectivity index (χ3v) is 4.13. The first-order valence-electron chi connectivity index (χ1n) is 8.06. The molecular weight excluding hydrogens is 286 g/mol. The van der Waals surface area contributed by atoms with Crippen molar-refractivity contribution in [2.75, 3.05) is 23.8 Å². The van der Waals surface area contributed by atoms with E-state index in [1.807, 2.05) is 45.2 Å². The molecule has 0 aliphatic heterocycles. The van der Waals surface area contributed by atoms with Gasteiger partial charge >= 0.3 is 0 Å². The summed E-state index contributed by atoms with van der Waals surface area (Å²) in [7, 11) is 2.03. The molecule has 0 atom stereocenters. The third kappa shape index (κ3) is 4.31. The lowest BCUT2D eigenvalue weighted by molar-refractivity contribution is 0.102. The van der Waals surface area contributed by atoms with Crippen molar-refractivity contribution in [3.63, 3.8) is 0 Å². The highest BCUT2D eigenvalue weighted by molar-refractivity contribution is 6.05. The molecule has 0 saturated carbocycles. The Hall–Kier alpha value is -2.36. The third-order valence-electron chi connectivity index (χ3n) is 4.13. The predicted molar refractivity (Wildman–Crippen MR) is 96.3 cm³/mol. The van der Waals surface area contributed by atoms with E-state index in [9.17, 15) is 4.79 Å². The lowest BCUT2D eigenvalue weighted by Crippen LogP contribution is -2.20. The smallest absolute Gasteiger partial charge is 0.257 e. The maximum Gasteiger partial charge on any atom is 0.257 e. The molecule has 0 aliphatic rings. The van der Waals surface area contributed by atoms with E-state index in [-0.39, 0.29) is 5.91 Å².